The lowest BCUT2D eigenvalue weighted by Crippen LogP contribution is -2.38. The summed E-state index contributed by atoms with van der Waals surface area (Å²) in [6, 6.07) is 12.1. The molecule has 0 amide bonds. The number of alkyl halides is 1. The molecule has 2 aromatic carbocycles. The Hall–Kier alpha value is -1.10. The van der Waals surface area contributed by atoms with Gasteiger partial charge in [0.25, 0.3) is 0 Å². The fourth-order valence-electron chi connectivity index (χ4n) is 2.44. The number of hydrogen-bond donors (Lipinski definition) is 0. The fourth-order valence-corrected chi connectivity index (χ4v) is 3.08. The summed E-state index contributed by atoms with van der Waals surface area (Å²) in [6.45, 7) is 2.01. The minimum atomic E-state index is -0.798. The van der Waals surface area contributed by atoms with Crippen LogP contribution in [0.15, 0.2) is 36.4 Å². The van der Waals surface area contributed by atoms with Crippen LogP contribution in [0.3, 0.4) is 0 Å². The lowest BCUT2D eigenvalue weighted by Gasteiger charge is -2.34. The van der Waals surface area contributed by atoms with Gasteiger partial charge in [-0.3, -0.25) is 0 Å². The van der Waals surface area contributed by atoms with Gasteiger partial charge < -0.3 is 14.2 Å². The summed E-state index contributed by atoms with van der Waals surface area (Å²) < 4.78 is 16.5. The molecule has 0 spiro atoms. The van der Waals surface area contributed by atoms with Crippen molar-refractivity contribution in [3.05, 3.63) is 42.0 Å². The number of benzene rings is 2. The summed E-state index contributed by atoms with van der Waals surface area (Å²) in [5, 5.41) is 2.24. The highest BCUT2D eigenvalue weighted by molar-refractivity contribution is 9.09. The molecule has 0 aliphatic carbocycles. The van der Waals surface area contributed by atoms with Crippen molar-refractivity contribution in [1.82, 2.24) is 0 Å². The van der Waals surface area contributed by atoms with E-state index in [1.165, 1.54) is 0 Å². The average molecular weight is 339 g/mol. The van der Waals surface area contributed by atoms with E-state index >= 15 is 0 Å². The molecule has 0 saturated heterocycles. The molecule has 3 nitrogen and oxygen atoms in total. The van der Waals surface area contributed by atoms with Crippen LogP contribution in [0.4, 0.5) is 0 Å². The van der Waals surface area contributed by atoms with Crippen LogP contribution in [0.2, 0.25) is 0 Å². The molecule has 0 bridgehead atoms. The largest absolute Gasteiger partial charge is 0.497 e. The molecule has 1 atom stereocenters. The predicted octanol–water partition coefficient (Wildman–Crippen LogP) is 4.08. The molecule has 0 N–H and O–H groups in total. The van der Waals surface area contributed by atoms with E-state index in [0.29, 0.717) is 0 Å². The summed E-state index contributed by atoms with van der Waals surface area (Å²) >= 11 is 3.57. The van der Waals surface area contributed by atoms with E-state index < -0.39 is 5.79 Å². The minimum Gasteiger partial charge on any atom is -0.497 e. The van der Waals surface area contributed by atoms with Crippen LogP contribution in [-0.2, 0) is 15.3 Å². The van der Waals surface area contributed by atoms with Gasteiger partial charge in [0.2, 0.25) is 5.79 Å². The van der Waals surface area contributed by atoms with E-state index in [0.717, 1.165) is 22.1 Å². The van der Waals surface area contributed by atoms with Gasteiger partial charge in [-0.15, -0.1) is 0 Å². The van der Waals surface area contributed by atoms with Gasteiger partial charge in [0.1, 0.15) is 5.75 Å². The number of fused-ring (bicyclic) bond motifs is 1. The van der Waals surface area contributed by atoms with Crippen LogP contribution >= 0.6 is 15.9 Å². The normalized spacial score (nSPS) is 13.4. The zero-order valence-corrected chi connectivity index (χ0v) is 13.7. The number of hydrogen-bond acceptors (Lipinski definition) is 3. The smallest absolute Gasteiger partial charge is 0.206 e. The van der Waals surface area contributed by atoms with Crippen LogP contribution in [0.5, 0.6) is 5.75 Å². The Morgan fingerprint density at radius 2 is 1.55 bits per heavy atom. The summed E-state index contributed by atoms with van der Waals surface area (Å²) in [6.07, 6.45) is 0. The quantitative estimate of drug-likeness (QED) is 0.607. The van der Waals surface area contributed by atoms with Crippen LogP contribution in [0, 0.1) is 0 Å². The van der Waals surface area contributed by atoms with Crippen molar-refractivity contribution in [2.24, 2.45) is 0 Å². The lowest BCUT2D eigenvalue weighted by atomic mass is 9.99. The monoisotopic (exact) mass is 338 g/mol. The molecule has 0 fully saturated rings. The first kappa shape index (κ1) is 15.3. The maximum Gasteiger partial charge on any atom is 0.206 e. The Bertz CT molecular complexity index is 591. The first-order valence-electron chi connectivity index (χ1n) is 6.40. The molecule has 0 aliphatic heterocycles. The van der Waals surface area contributed by atoms with E-state index in [-0.39, 0.29) is 4.83 Å². The van der Waals surface area contributed by atoms with Crippen LogP contribution in [0.25, 0.3) is 10.8 Å². The van der Waals surface area contributed by atoms with Crippen LogP contribution < -0.4 is 4.74 Å². The van der Waals surface area contributed by atoms with Gasteiger partial charge in [0.05, 0.1) is 11.9 Å². The van der Waals surface area contributed by atoms with Crippen molar-refractivity contribution in [3.63, 3.8) is 0 Å². The topological polar surface area (TPSA) is 27.7 Å². The SMILES string of the molecule is COc1ccc2cc(C(OC)(OC)C(C)Br)ccc2c1. The van der Waals surface area contributed by atoms with E-state index in [1.54, 1.807) is 21.3 Å². The first-order chi connectivity index (χ1) is 9.57. The zero-order chi connectivity index (χ0) is 14.8. The third-order valence-corrected chi connectivity index (χ3v) is 4.18. The summed E-state index contributed by atoms with van der Waals surface area (Å²) in [7, 11) is 4.97. The second-order valence-electron chi connectivity index (χ2n) is 4.62. The first-order valence-corrected chi connectivity index (χ1v) is 7.31. The summed E-state index contributed by atoms with van der Waals surface area (Å²) in [5.41, 5.74) is 0.976. The van der Waals surface area contributed by atoms with E-state index in [4.69, 9.17) is 14.2 Å². The Balaban J connectivity index is 2.55. The van der Waals surface area contributed by atoms with Gasteiger partial charge >= 0.3 is 0 Å². The van der Waals surface area contributed by atoms with Gasteiger partial charge in [-0.05, 0) is 35.9 Å². The highest BCUT2D eigenvalue weighted by Crippen LogP contribution is 2.36. The van der Waals surface area contributed by atoms with Crippen molar-refractivity contribution >= 4 is 26.7 Å². The molecule has 20 heavy (non-hydrogen) atoms. The van der Waals surface area contributed by atoms with Crippen molar-refractivity contribution in [3.8, 4) is 5.75 Å². The van der Waals surface area contributed by atoms with Crippen LogP contribution in [0.1, 0.15) is 12.5 Å². The van der Waals surface area contributed by atoms with Crippen molar-refractivity contribution < 1.29 is 14.2 Å². The second-order valence-corrected chi connectivity index (χ2v) is 5.99. The molecular weight excluding hydrogens is 320 g/mol. The van der Waals surface area contributed by atoms with Crippen molar-refractivity contribution in [2.45, 2.75) is 17.5 Å². The number of methoxy groups -OCH3 is 3. The molecule has 0 aliphatic rings. The molecule has 108 valence electrons. The van der Waals surface area contributed by atoms with Gasteiger partial charge in [-0.25, -0.2) is 0 Å². The maximum atomic E-state index is 5.63. The third kappa shape index (κ3) is 2.55. The highest BCUT2D eigenvalue weighted by Gasteiger charge is 2.37. The van der Waals surface area contributed by atoms with E-state index in [1.807, 2.05) is 31.2 Å². The highest BCUT2D eigenvalue weighted by atomic mass is 79.9. The van der Waals surface area contributed by atoms with Crippen molar-refractivity contribution in [2.75, 3.05) is 21.3 Å². The van der Waals surface area contributed by atoms with Crippen molar-refractivity contribution in [1.29, 1.82) is 0 Å². The number of ether oxygens (including phenoxy) is 3. The molecule has 1 unspecified atom stereocenters. The maximum absolute atomic E-state index is 5.63. The molecule has 2 aromatic rings. The summed E-state index contributed by atoms with van der Waals surface area (Å²) in [4.78, 5) is 0.0145. The molecule has 0 heterocycles. The van der Waals surface area contributed by atoms with E-state index in [2.05, 4.69) is 28.1 Å². The molecule has 0 aromatic heterocycles. The van der Waals surface area contributed by atoms with Gasteiger partial charge in [-0.1, -0.05) is 34.1 Å². The Kier molecular flexibility index (Phi) is 4.68. The Morgan fingerprint density at radius 1 is 0.950 bits per heavy atom. The van der Waals surface area contributed by atoms with Crippen LogP contribution in [-0.4, -0.2) is 26.2 Å². The Morgan fingerprint density at radius 3 is 2.10 bits per heavy atom. The number of halogens is 1. The molecule has 2 rings (SSSR count). The molecule has 4 heteroatoms. The van der Waals surface area contributed by atoms with Gasteiger partial charge in [0.15, 0.2) is 0 Å². The predicted molar refractivity (Wildman–Crippen MR) is 84.6 cm³/mol. The van der Waals surface area contributed by atoms with Gasteiger partial charge in [-0.2, -0.15) is 0 Å². The lowest BCUT2D eigenvalue weighted by molar-refractivity contribution is -0.211. The fraction of sp³-hybridized carbons (Fsp3) is 0.375. The van der Waals surface area contributed by atoms with Gasteiger partial charge in [0, 0.05) is 19.8 Å². The van der Waals surface area contributed by atoms with E-state index in [9.17, 15) is 0 Å². The molecular formula is C16H19BrO3. The second kappa shape index (κ2) is 6.12. The molecule has 0 saturated carbocycles. The zero-order valence-electron chi connectivity index (χ0n) is 12.1. The average Bonchev–Trinajstić information content (AvgIpc) is 2.48. The standard InChI is InChI=1S/C16H19BrO3/c1-11(17)16(19-3,20-4)14-7-5-13-10-15(18-2)8-6-12(13)9-14/h5-11H,1-4H3. The molecule has 0 radical (unpaired) electrons. The third-order valence-electron chi connectivity index (χ3n) is 3.58. The summed E-state index contributed by atoms with van der Waals surface area (Å²) in [5.74, 6) is 0.0533. The minimum absolute atomic E-state index is 0.0145. The Labute approximate surface area is 128 Å². The number of rotatable bonds is 5.